The largest absolute Gasteiger partial charge is 0.493 e. The summed E-state index contributed by atoms with van der Waals surface area (Å²) >= 11 is 5.93. The molecule has 142 valence electrons. The van der Waals surface area contributed by atoms with Gasteiger partial charge in [-0.15, -0.1) is 0 Å². The van der Waals surface area contributed by atoms with Gasteiger partial charge in [-0.05, 0) is 67.8 Å². The molecule has 2 amide bonds. The number of ether oxygens (including phenoxy) is 1. The van der Waals surface area contributed by atoms with Crippen LogP contribution in [-0.4, -0.2) is 31.5 Å². The second kappa shape index (κ2) is 8.91. The van der Waals surface area contributed by atoms with E-state index in [1.165, 1.54) is 0 Å². The van der Waals surface area contributed by atoms with Gasteiger partial charge in [0, 0.05) is 35.8 Å². The Balaban J connectivity index is 1.42. The van der Waals surface area contributed by atoms with Crippen molar-refractivity contribution in [2.24, 2.45) is 0 Å². The first-order valence-corrected chi connectivity index (χ1v) is 9.50. The average molecular weight is 387 g/mol. The minimum absolute atomic E-state index is 0.128. The zero-order chi connectivity index (χ0) is 19.2. The van der Waals surface area contributed by atoms with Gasteiger partial charge in [-0.1, -0.05) is 11.6 Å². The number of anilines is 1. The van der Waals surface area contributed by atoms with Gasteiger partial charge in [0.1, 0.15) is 5.75 Å². The topological polar surface area (TPSA) is 58.6 Å². The zero-order valence-electron chi connectivity index (χ0n) is 15.3. The predicted octanol–water partition coefficient (Wildman–Crippen LogP) is 3.97. The van der Waals surface area contributed by atoms with Crippen molar-refractivity contribution in [2.75, 3.05) is 24.6 Å². The molecule has 5 nitrogen and oxygen atoms in total. The molecule has 0 unspecified atom stereocenters. The molecule has 27 heavy (non-hydrogen) atoms. The number of aryl methyl sites for hydroxylation is 1. The maximum Gasteiger partial charge on any atom is 0.251 e. The zero-order valence-corrected chi connectivity index (χ0v) is 16.1. The van der Waals surface area contributed by atoms with Crippen LogP contribution in [-0.2, 0) is 4.79 Å². The fourth-order valence-corrected chi connectivity index (χ4v) is 3.27. The van der Waals surface area contributed by atoms with Crippen molar-refractivity contribution in [3.63, 3.8) is 0 Å². The van der Waals surface area contributed by atoms with Gasteiger partial charge < -0.3 is 15.0 Å². The Labute approximate surface area is 164 Å². The molecule has 2 aromatic rings. The molecule has 0 radical (unpaired) electrons. The maximum absolute atomic E-state index is 12.2. The van der Waals surface area contributed by atoms with Crippen molar-refractivity contribution in [3.8, 4) is 5.75 Å². The van der Waals surface area contributed by atoms with Crippen molar-refractivity contribution >= 4 is 29.1 Å². The SMILES string of the molecule is Cc1cc(Cl)ccc1OCCCNC(=O)c1ccc(N2CCCC2=O)cc1. The highest BCUT2D eigenvalue weighted by atomic mass is 35.5. The lowest BCUT2D eigenvalue weighted by Gasteiger charge is -2.15. The predicted molar refractivity (Wildman–Crippen MR) is 107 cm³/mol. The van der Waals surface area contributed by atoms with Crippen LogP contribution in [0.5, 0.6) is 5.75 Å². The molecular formula is C21H23ClN2O3. The summed E-state index contributed by atoms with van der Waals surface area (Å²) in [7, 11) is 0. The summed E-state index contributed by atoms with van der Waals surface area (Å²) in [6.07, 6.45) is 2.19. The van der Waals surface area contributed by atoms with Crippen LogP contribution in [0.3, 0.4) is 0 Å². The van der Waals surface area contributed by atoms with E-state index in [0.717, 1.165) is 30.0 Å². The van der Waals surface area contributed by atoms with Gasteiger partial charge in [-0.3, -0.25) is 9.59 Å². The molecule has 3 rings (SSSR count). The quantitative estimate of drug-likeness (QED) is 0.732. The summed E-state index contributed by atoms with van der Waals surface area (Å²) in [4.78, 5) is 25.7. The summed E-state index contributed by atoms with van der Waals surface area (Å²) < 4.78 is 5.71. The Hall–Kier alpha value is -2.53. The van der Waals surface area contributed by atoms with Crippen LogP contribution in [0, 0.1) is 6.92 Å². The highest BCUT2D eigenvalue weighted by Crippen LogP contribution is 2.22. The second-order valence-corrected chi connectivity index (χ2v) is 7.00. The van der Waals surface area contributed by atoms with Crippen LogP contribution in [0.2, 0.25) is 5.02 Å². The third-order valence-corrected chi connectivity index (χ3v) is 4.75. The van der Waals surface area contributed by atoms with Gasteiger partial charge in [-0.2, -0.15) is 0 Å². The number of halogens is 1. The molecule has 0 saturated carbocycles. The van der Waals surface area contributed by atoms with Crippen molar-refractivity contribution in [1.82, 2.24) is 5.32 Å². The molecule has 1 heterocycles. The van der Waals surface area contributed by atoms with E-state index in [-0.39, 0.29) is 11.8 Å². The normalized spacial score (nSPS) is 13.7. The van der Waals surface area contributed by atoms with Crippen LogP contribution in [0.15, 0.2) is 42.5 Å². The first-order chi connectivity index (χ1) is 13.0. The number of carbonyl (C=O) groups excluding carboxylic acids is 2. The molecule has 1 saturated heterocycles. The van der Waals surface area contributed by atoms with E-state index < -0.39 is 0 Å². The van der Waals surface area contributed by atoms with Crippen LogP contribution in [0.1, 0.15) is 35.2 Å². The first-order valence-electron chi connectivity index (χ1n) is 9.12. The summed E-state index contributed by atoms with van der Waals surface area (Å²) in [5.41, 5.74) is 2.42. The Morgan fingerprint density at radius 1 is 1.22 bits per heavy atom. The van der Waals surface area contributed by atoms with Crippen LogP contribution in [0.25, 0.3) is 0 Å². The van der Waals surface area contributed by atoms with Crippen LogP contribution >= 0.6 is 11.6 Å². The smallest absolute Gasteiger partial charge is 0.251 e. The highest BCUT2D eigenvalue weighted by Gasteiger charge is 2.21. The molecule has 1 aliphatic rings. The second-order valence-electron chi connectivity index (χ2n) is 6.56. The third-order valence-electron chi connectivity index (χ3n) is 4.52. The van der Waals surface area contributed by atoms with E-state index in [1.807, 2.05) is 31.2 Å². The van der Waals surface area contributed by atoms with Gasteiger partial charge in [0.2, 0.25) is 5.91 Å². The summed E-state index contributed by atoms with van der Waals surface area (Å²) in [5, 5.41) is 3.57. The number of nitrogens with zero attached hydrogens (tertiary/aromatic N) is 1. The summed E-state index contributed by atoms with van der Waals surface area (Å²) in [6.45, 7) is 3.73. The molecule has 1 fully saturated rings. The highest BCUT2D eigenvalue weighted by molar-refractivity contribution is 6.30. The number of nitrogens with one attached hydrogen (secondary N) is 1. The fraction of sp³-hybridized carbons (Fsp3) is 0.333. The molecule has 0 aliphatic carbocycles. The van der Waals surface area contributed by atoms with Gasteiger partial charge in [0.25, 0.3) is 5.91 Å². The Morgan fingerprint density at radius 2 is 2.00 bits per heavy atom. The molecule has 1 aliphatic heterocycles. The van der Waals surface area contributed by atoms with E-state index in [2.05, 4.69) is 5.32 Å². The molecule has 2 aromatic carbocycles. The van der Waals surface area contributed by atoms with Crippen molar-refractivity contribution in [2.45, 2.75) is 26.2 Å². The Morgan fingerprint density at radius 3 is 2.67 bits per heavy atom. The number of rotatable bonds is 7. The molecule has 1 N–H and O–H groups in total. The van der Waals surface area contributed by atoms with E-state index in [0.29, 0.717) is 36.6 Å². The molecule has 0 bridgehead atoms. The number of hydrogen-bond acceptors (Lipinski definition) is 3. The molecular weight excluding hydrogens is 364 g/mol. The van der Waals surface area contributed by atoms with Gasteiger partial charge >= 0.3 is 0 Å². The van der Waals surface area contributed by atoms with E-state index >= 15 is 0 Å². The molecule has 6 heteroatoms. The Bertz CT molecular complexity index is 821. The van der Waals surface area contributed by atoms with Crippen LogP contribution < -0.4 is 15.0 Å². The molecule has 0 aromatic heterocycles. The number of benzene rings is 2. The van der Waals surface area contributed by atoms with E-state index in [9.17, 15) is 9.59 Å². The lowest BCUT2D eigenvalue weighted by molar-refractivity contribution is -0.117. The Kier molecular flexibility index (Phi) is 6.35. The lowest BCUT2D eigenvalue weighted by Crippen LogP contribution is -2.26. The fourth-order valence-electron chi connectivity index (χ4n) is 3.05. The first kappa shape index (κ1) is 19.2. The third kappa shape index (κ3) is 5.01. The number of amides is 2. The summed E-state index contributed by atoms with van der Waals surface area (Å²) in [6, 6.07) is 12.7. The minimum Gasteiger partial charge on any atom is -0.493 e. The van der Waals surface area contributed by atoms with Crippen molar-refractivity contribution in [3.05, 3.63) is 58.6 Å². The monoisotopic (exact) mass is 386 g/mol. The number of carbonyl (C=O) groups is 2. The van der Waals surface area contributed by atoms with Gasteiger partial charge in [0.05, 0.1) is 6.61 Å². The number of hydrogen-bond donors (Lipinski definition) is 1. The van der Waals surface area contributed by atoms with Crippen molar-refractivity contribution in [1.29, 1.82) is 0 Å². The maximum atomic E-state index is 12.2. The lowest BCUT2D eigenvalue weighted by atomic mass is 10.2. The minimum atomic E-state index is -0.128. The summed E-state index contributed by atoms with van der Waals surface area (Å²) in [5.74, 6) is 0.817. The van der Waals surface area contributed by atoms with Gasteiger partial charge in [0.15, 0.2) is 0 Å². The van der Waals surface area contributed by atoms with E-state index in [1.54, 1.807) is 23.1 Å². The van der Waals surface area contributed by atoms with Crippen LogP contribution in [0.4, 0.5) is 5.69 Å². The standard InChI is InChI=1S/C21H23ClN2O3/c1-15-14-17(22)7-10-19(15)27-13-3-11-23-21(26)16-5-8-18(9-6-16)24-12-2-4-20(24)25/h5-10,14H,2-4,11-13H2,1H3,(H,23,26). The average Bonchev–Trinajstić information content (AvgIpc) is 3.09. The van der Waals surface area contributed by atoms with E-state index in [4.69, 9.17) is 16.3 Å². The van der Waals surface area contributed by atoms with Crippen molar-refractivity contribution < 1.29 is 14.3 Å². The molecule has 0 atom stereocenters. The molecule has 0 spiro atoms. The van der Waals surface area contributed by atoms with Gasteiger partial charge in [-0.25, -0.2) is 0 Å².